The van der Waals surface area contributed by atoms with Crippen molar-refractivity contribution in [3.8, 4) is 10.8 Å². The molecule has 0 fully saturated rings. The lowest BCUT2D eigenvalue weighted by atomic mass is 10.0. The van der Waals surface area contributed by atoms with Gasteiger partial charge >= 0.3 is 11.7 Å². The fraction of sp³-hybridized carbons (Fsp3) is 0.433. The van der Waals surface area contributed by atoms with Crippen molar-refractivity contribution in [1.29, 1.82) is 0 Å². The molecule has 0 aliphatic carbocycles. The lowest BCUT2D eigenvalue weighted by molar-refractivity contribution is -0.153. The van der Waals surface area contributed by atoms with E-state index in [0.29, 0.717) is 38.7 Å². The second-order valence-electron chi connectivity index (χ2n) is 10.8. The highest BCUT2D eigenvalue weighted by molar-refractivity contribution is 7.21. The topological polar surface area (TPSA) is 119 Å². The molecular weight excluding hydrogens is 577 g/mol. The van der Waals surface area contributed by atoms with Gasteiger partial charge in [0.1, 0.15) is 33.0 Å². The summed E-state index contributed by atoms with van der Waals surface area (Å²) in [4.78, 5) is 43.4. The number of unbranched alkanes of at least 4 members (excludes halogenated alkanes) is 1. The van der Waals surface area contributed by atoms with E-state index in [1.807, 2.05) is 6.92 Å². The van der Waals surface area contributed by atoms with Crippen LogP contribution in [0.1, 0.15) is 57.8 Å². The standard InChI is InChI=1S/C30H36FN5O6S/c1-8-9-14-41-28(38)30(5,6)35-25(37)24-19(4)26(36-32-12-13-33-36)43-27(24)34(29(35)39)16-23(42-17-18(2)3)21-15-20(31)10-11-22(21)40-7/h10-13,15,23H,2,8-9,14,16-17H2,1,3-7H3/t23-/m0/s1. The molecule has 43 heavy (non-hydrogen) atoms. The number of nitrogens with zero attached hydrogens (tertiary/aromatic N) is 5. The number of methoxy groups -OCH3 is 1. The molecule has 0 saturated heterocycles. The third-order valence-electron chi connectivity index (χ3n) is 7.00. The quantitative estimate of drug-likeness (QED) is 0.121. The van der Waals surface area contributed by atoms with Gasteiger partial charge in [-0.3, -0.25) is 9.36 Å². The smallest absolute Gasteiger partial charge is 0.333 e. The van der Waals surface area contributed by atoms with Crippen LogP contribution in [0.25, 0.3) is 15.2 Å². The number of benzene rings is 1. The number of halogens is 1. The number of hydrogen-bond donors (Lipinski definition) is 0. The van der Waals surface area contributed by atoms with Crippen LogP contribution in [0.5, 0.6) is 5.75 Å². The van der Waals surface area contributed by atoms with Gasteiger partial charge in [0.25, 0.3) is 5.56 Å². The SMILES string of the molecule is C=C(C)CO[C@@H](Cn1c(=O)n(C(C)(C)C(=O)OCCCC)c(=O)c2c(C)c(-n3nccn3)sc21)c1cc(F)ccc1OC. The average Bonchev–Trinajstić information content (AvgIpc) is 3.60. The maximum Gasteiger partial charge on any atom is 0.333 e. The summed E-state index contributed by atoms with van der Waals surface area (Å²) >= 11 is 1.15. The lowest BCUT2D eigenvalue weighted by Gasteiger charge is -2.27. The molecule has 4 aromatic rings. The molecule has 0 bridgehead atoms. The second-order valence-corrected chi connectivity index (χ2v) is 11.7. The first-order valence-electron chi connectivity index (χ1n) is 13.8. The first kappa shape index (κ1) is 31.8. The average molecular weight is 614 g/mol. The Morgan fingerprint density at radius 1 is 1.21 bits per heavy atom. The molecule has 0 unspecified atom stereocenters. The number of carbonyl (C=O) groups excluding carboxylic acids is 1. The Kier molecular flexibility index (Phi) is 9.65. The van der Waals surface area contributed by atoms with Crippen molar-refractivity contribution in [3.05, 3.63) is 80.5 Å². The predicted molar refractivity (Wildman–Crippen MR) is 162 cm³/mol. The molecule has 11 nitrogen and oxygen atoms in total. The van der Waals surface area contributed by atoms with E-state index < -0.39 is 34.7 Å². The highest BCUT2D eigenvalue weighted by Gasteiger charge is 2.37. The van der Waals surface area contributed by atoms with Gasteiger partial charge in [-0.05, 0) is 52.3 Å². The van der Waals surface area contributed by atoms with E-state index in [1.54, 1.807) is 13.8 Å². The van der Waals surface area contributed by atoms with Crippen LogP contribution in [0.3, 0.4) is 0 Å². The number of thiophene rings is 1. The number of esters is 1. The van der Waals surface area contributed by atoms with E-state index in [9.17, 15) is 18.8 Å². The van der Waals surface area contributed by atoms with E-state index in [2.05, 4.69) is 16.8 Å². The fourth-order valence-corrected chi connectivity index (χ4v) is 5.90. The summed E-state index contributed by atoms with van der Waals surface area (Å²) in [7, 11) is 1.45. The number of rotatable bonds is 13. The molecule has 0 aliphatic rings. The number of hydrogen-bond acceptors (Lipinski definition) is 9. The van der Waals surface area contributed by atoms with Crippen molar-refractivity contribution in [2.45, 2.75) is 65.6 Å². The van der Waals surface area contributed by atoms with Gasteiger partial charge in [0.2, 0.25) is 0 Å². The maximum absolute atomic E-state index is 14.5. The molecule has 3 heterocycles. The van der Waals surface area contributed by atoms with E-state index in [1.165, 1.54) is 60.9 Å². The van der Waals surface area contributed by atoms with Crippen LogP contribution >= 0.6 is 11.3 Å². The monoisotopic (exact) mass is 613 g/mol. The number of aromatic nitrogens is 5. The Bertz CT molecular complexity index is 1760. The zero-order chi connectivity index (χ0) is 31.5. The summed E-state index contributed by atoms with van der Waals surface area (Å²) in [6.07, 6.45) is 3.55. The summed E-state index contributed by atoms with van der Waals surface area (Å²) in [5.41, 5.74) is -1.46. The predicted octanol–water partition coefficient (Wildman–Crippen LogP) is 4.67. The normalized spacial score (nSPS) is 12.4. The van der Waals surface area contributed by atoms with Crippen molar-refractivity contribution < 1.29 is 23.4 Å². The van der Waals surface area contributed by atoms with Gasteiger partial charge in [-0.25, -0.2) is 18.5 Å². The van der Waals surface area contributed by atoms with Gasteiger partial charge in [-0.15, -0.1) is 4.80 Å². The van der Waals surface area contributed by atoms with Gasteiger partial charge in [0.05, 0.1) is 44.6 Å². The summed E-state index contributed by atoms with van der Waals surface area (Å²) in [5, 5.41) is 9.16. The molecule has 0 radical (unpaired) electrons. The van der Waals surface area contributed by atoms with Gasteiger partial charge in [0.15, 0.2) is 0 Å². The highest BCUT2D eigenvalue weighted by atomic mass is 32.1. The Balaban J connectivity index is 2.00. The maximum atomic E-state index is 14.5. The Morgan fingerprint density at radius 3 is 2.53 bits per heavy atom. The lowest BCUT2D eigenvalue weighted by Crippen LogP contribution is -2.53. The zero-order valence-electron chi connectivity index (χ0n) is 25.2. The second kappa shape index (κ2) is 13.0. The molecule has 0 N–H and O–H groups in total. The molecule has 0 amide bonds. The van der Waals surface area contributed by atoms with Crippen LogP contribution in [-0.2, 0) is 26.4 Å². The van der Waals surface area contributed by atoms with E-state index in [-0.39, 0.29) is 25.1 Å². The van der Waals surface area contributed by atoms with Crippen molar-refractivity contribution in [2.75, 3.05) is 20.3 Å². The van der Waals surface area contributed by atoms with E-state index >= 15 is 0 Å². The van der Waals surface area contributed by atoms with Crippen molar-refractivity contribution in [3.63, 3.8) is 0 Å². The molecule has 13 heteroatoms. The van der Waals surface area contributed by atoms with E-state index in [4.69, 9.17) is 14.2 Å². The zero-order valence-corrected chi connectivity index (χ0v) is 26.0. The van der Waals surface area contributed by atoms with Crippen LogP contribution in [0, 0.1) is 12.7 Å². The highest BCUT2D eigenvalue weighted by Crippen LogP contribution is 2.34. The van der Waals surface area contributed by atoms with Gasteiger partial charge in [-0.1, -0.05) is 36.8 Å². The summed E-state index contributed by atoms with van der Waals surface area (Å²) in [5.74, 6) is -0.874. The first-order chi connectivity index (χ1) is 20.4. The van der Waals surface area contributed by atoms with Gasteiger partial charge < -0.3 is 14.2 Å². The van der Waals surface area contributed by atoms with Crippen LogP contribution in [0.15, 0.2) is 52.3 Å². The van der Waals surface area contributed by atoms with Crippen molar-refractivity contribution in [1.82, 2.24) is 24.1 Å². The molecular formula is C30H36FN5O6S. The fourth-order valence-electron chi connectivity index (χ4n) is 4.68. The van der Waals surface area contributed by atoms with Crippen LogP contribution in [0.4, 0.5) is 4.39 Å². The minimum absolute atomic E-state index is 0.114. The molecule has 0 saturated carbocycles. The largest absolute Gasteiger partial charge is 0.496 e. The number of fused-ring (bicyclic) bond motifs is 1. The first-order valence-corrected chi connectivity index (χ1v) is 14.7. The van der Waals surface area contributed by atoms with Crippen LogP contribution in [-0.4, -0.2) is 50.4 Å². The molecule has 3 aromatic heterocycles. The summed E-state index contributed by atoms with van der Waals surface area (Å²) < 4.78 is 33.9. The third-order valence-corrected chi connectivity index (χ3v) is 8.28. The summed E-state index contributed by atoms with van der Waals surface area (Å²) in [6, 6.07) is 4.03. The minimum atomic E-state index is -1.65. The van der Waals surface area contributed by atoms with E-state index in [0.717, 1.165) is 22.3 Å². The van der Waals surface area contributed by atoms with Gasteiger partial charge in [-0.2, -0.15) is 10.2 Å². The van der Waals surface area contributed by atoms with Crippen LogP contribution in [0.2, 0.25) is 0 Å². The molecule has 4 rings (SSSR count). The Hall–Kier alpha value is -4.10. The molecule has 1 aromatic carbocycles. The third kappa shape index (κ3) is 6.32. The number of aryl methyl sites for hydroxylation is 1. The number of carbonyl (C=O) groups is 1. The molecule has 0 aliphatic heterocycles. The molecule has 0 spiro atoms. The summed E-state index contributed by atoms with van der Waals surface area (Å²) in [6.45, 7) is 12.4. The van der Waals surface area contributed by atoms with Gasteiger partial charge in [0, 0.05) is 11.1 Å². The Morgan fingerprint density at radius 2 is 1.91 bits per heavy atom. The minimum Gasteiger partial charge on any atom is -0.496 e. The van der Waals surface area contributed by atoms with Crippen LogP contribution < -0.4 is 16.0 Å². The van der Waals surface area contributed by atoms with Crippen molar-refractivity contribution in [2.24, 2.45) is 0 Å². The van der Waals surface area contributed by atoms with Crippen molar-refractivity contribution >= 4 is 27.5 Å². The Labute approximate surface area is 252 Å². The number of ether oxygens (including phenoxy) is 3. The molecule has 1 atom stereocenters. The molecule has 230 valence electrons.